The van der Waals surface area contributed by atoms with Crippen molar-refractivity contribution in [3.05, 3.63) is 65.6 Å². The van der Waals surface area contributed by atoms with Gasteiger partial charge in [0.25, 0.3) is 0 Å². The molecule has 154 valence electrons. The molecule has 1 N–H and O–H groups in total. The predicted molar refractivity (Wildman–Crippen MR) is 118 cm³/mol. The van der Waals surface area contributed by atoms with Crippen LogP contribution in [0.3, 0.4) is 0 Å². The zero-order chi connectivity index (χ0) is 21.8. The number of nitrogens with zero attached hydrogens (tertiary/aromatic N) is 2. The highest BCUT2D eigenvalue weighted by molar-refractivity contribution is 6.08. The maximum absolute atomic E-state index is 14.5. The van der Waals surface area contributed by atoms with E-state index >= 15 is 0 Å². The fourth-order valence-corrected chi connectivity index (χ4v) is 3.19. The number of halogens is 2. The number of benzene rings is 2. The molecule has 0 saturated carbocycles. The molecule has 0 amide bonds. The highest BCUT2D eigenvalue weighted by Gasteiger charge is 2.18. The highest BCUT2D eigenvalue weighted by Crippen LogP contribution is 2.36. The maximum Gasteiger partial charge on any atom is 0.166 e. The van der Waals surface area contributed by atoms with Gasteiger partial charge in [-0.2, -0.15) is 0 Å². The van der Waals surface area contributed by atoms with E-state index in [4.69, 9.17) is 10.1 Å². The molecule has 1 heterocycles. The van der Waals surface area contributed by atoms with Crippen LogP contribution in [0, 0.1) is 17.0 Å². The second-order valence-electron chi connectivity index (χ2n) is 6.66. The van der Waals surface area contributed by atoms with E-state index in [-0.39, 0.29) is 5.56 Å². The Morgan fingerprint density at radius 3 is 2.53 bits per heavy atom. The van der Waals surface area contributed by atoms with Crippen molar-refractivity contribution in [1.29, 1.82) is 5.41 Å². The molecular formula is C24H23F2N3O. The van der Waals surface area contributed by atoms with Crippen LogP contribution in [-0.2, 0) is 0 Å². The largest absolute Gasteiger partial charge is 0.492 e. The summed E-state index contributed by atoms with van der Waals surface area (Å²) in [4.78, 5) is 9.30. The lowest BCUT2D eigenvalue weighted by Crippen LogP contribution is -2.04. The van der Waals surface area contributed by atoms with Gasteiger partial charge in [-0.3, -0.25) is 0 Å². The number of allylic oxidation sites excluding steroid dienone is 4. The maximum atomic E-state index is 14.5. The summed E-state index contributed by atoms with van der Waals surface area (Å²) in [5.41, 5.74) is 3.29. The molecule has 0 aliphatic rings. The van der Waals surface area contributed by atoms with E-state index in [0.717, 1.165) is 11.6 Å². The molecule has 0 aliphatic carbocycles. The van der Waals surface area contributed by atoms with Crippen molar-refractivity contribution in [2.75, 3.05) is 6.61 Å². The van der Waals surface area contributed by atoms with E-state index in [1.54, 1.807) is 18.2 Å². The molecule has 2 aromatic carbocycles. The minimum Gasteiger partial charge on any atom is -0.492 e. The van der Waals surface area contributed by atoms with Crippen molar-refractivity contribution in [2.24, 2.45) is 0 Å². The molecule has 0 atom stereocenters. The normalized spacial score (nSPS) is 12.3. The van der Waals surface area contributed by atoms with Crippen LogP contribution in [0.1, 0.15) is 39.2 Å². The van der Waals surface area contributed by atoms with Crippen LogP contribution in [0.5, 0.6) is 5.75 Å². The van der Waals surface area contributed by atoms with E-state index in [2.05, 4.69) is 9.97 Å². The van der Waals surface area contributed by atoms with Crippen molar-refractivity contribution in [1.82, 2.24) is 9.97 Å². The molecule has 0 radical (unpaired) electrons. The van der Waals surface area contributed by atoms with Gasteiger partial charge in [-0.1, -0.05) is 24.3 Å². The molecule has 3 rings (SSSR count). The molecular weight excluding hydrogens is 384 g/mol. The van der Waals surface area contributed by atoms with Gasteiger partial charge < -0.3 is 10.1 Å². The Labute approximate surface area is 174 Å². The van der Waals surface area contributed by atoms with Crippen molar-refractivity contribution in [3.63, 3.8) is 0 Å². The van der Waals surface area contributed by atoms with E-state index in [1.165, 1.54) is 18.3 Å². The summed E-state index contributed by atoms with van der Waals surface area (Å²) < 4.78 is 34.2. The zero-order valence-electron chi connectivity index (χ0n) is 17.4. The molecule has 6 heteroatoms. The number of hydrogen-bond donors (Lipinski definition) is 1. The van der Waals surface area contributed by atoms with Gasteiger partial charge in [-0.05, 0) is 57.0 Å². The summed E-state index contributed by atoms with van der Waals surface area (Å²) >= 11 is 0. The van der Waals surface area contributed by atoms with Gasteiger partial charge in [0.05, 0.1) is 12.3 Å². The van der Waals surface area contributed by atoms with E-state index in [1.807, 2.05) is 33.8 Å². The topological polar surface area (TPSA) is 58.9 Å². The van der Waals surface area contributed by atoms with Gasteiger partial charge in [-0.25, -0.2) is 18.7 Å². The quantitative estimate of drug-likeness (QED) is 0.478. The fraction of sp³-hybridized carbons (Fsp3) is 0.208. The molecule has 3 aromatic rings. The van der Waals surface area contributed by atoms with E-state index < -0.39 is 11.6 Å². The second-order valence-corrected chi connectivity index (χ2v) is 6.66. The third kappa shape index (κ3) is 3.85. The van der Waals surface area contributed by atoms with Crippen LogP contribution >= 0.6 is 0 Å². The molecule has 0 saturated heterocycles. The van der Waals surface area contributed by atoms with Gasteiger partial charge in [0.2, 0.25) is 0 Å². The molecule has 0 unspecified atom stereocenters. The Morgan fingerprint density at radius 1 is 1.13 bits per heavy atom. The summed E-state index contributed by atoms with van der Waals surface area (Å²) in [6.07, 6.45) is 4.88. The lowest BCUT2D eigenvalue weighted by atomic mass is 9.99. The van der Waals surface area contributed by atoms with Gasteiger partial charge in [0.15, 0.2) is 17.5 Å². The third-order valence-corrected chi connectivity index (χ3v) is 4.86. The predicted octanol–water partition coefficient (Wildman–Crippen LogP) is 6.45. The number of hydrogen-bond acceptors (Lipinski definition) is 4. The first kappa shape index (κ1) is 21.3. The van der Waals surface area contributed by atoms with E-state index in [9.17, 15) is 8.78 Å². The average molecular weight is 407 g/mol. The van der Waals surface area contributed by atoms with Crippen molar-refractivity contribution in [3.8, 4) is 16.9 Å². The smallest absolute Gasteiger partial charge is 0.166 e. The average Bonchev–Trinajstić information content (AvgIpc) is 2.75. The van der Waals surface area contributed by atoms with Crippen molar-refractivity contribution in [2.45, 2.75) is 27.7 Å². The molecule has 4 nitrogen and oxygen atoms in total. The number of aromatic nitrogens is 2. The summed E-state index contributed by atoms with van der Waals surface area (Å²) in [5.74, 6) is -0.975. The molecule has 1 aromatic heterocycles. The Kier molecular flexibility index (Phi) is 6.35. The summed E-state index contributed by atoms with van der Waals surface area (Å²) in [5, 5.41) is 8.32. The molecule has 0 fully saturated rings. The number of ether oxygens (including phenoxy) is 1. The first-order chi connectivity index (χ1) is 14.4. The van der Waals surface area contributed by atoms with Crippen LogP contribution in [0.15, 0.2) is 42.5 Å². The lowest BCUT2D eigenvalue weighted by molar-refractivity contribution is 0.343. The number of fused-ring (bicyclic) bond motifs is 1. The van der Waals surface area contributed by atoms with Crippen molar-refractivity contribution >= 4 is 28.3 Å². The van der Waals surface area contributed by atoms with Gasteiger partial charge in [0, 0.05) is 22.7 Å². The monoisotopic (exact) mass is 407 g/mol. The molecule has 30 heavy (non-hydrogen) atoms. The molecule has 0 aliphatic heterocycles. The Balaban J connectivity index is 2.44. The fourth-order valence-electron chi connectivity index (χ4n) is 3.19. The zero-order valence-corrected chi connectivity index (χ0v) is 17.4. The van der Waals surface area contributed by atoms with Crippen LogP contribution in [0.4, 0.5) is 8.78 Å². The Morgan fingerprint density at radius 2 is 1.90 bits per heavy atom. The SMILES string of the molecule is CC=C(C=N)c1nc(C(C)=CC)c2cc(-c3cccc(F)c3F)cc(OCC)c2n1. The number of rotatable bonds is 6. The van der Waals surface area contributed by atoms with Gasteiger partial charge in [0.1, 0.15) is 11.3 Å². The van der Waals surface area contributed by atoms with Crippen LogP contribution in [0.25, 0.3) is 33.2 Å². The number of nitrogens with one attached hydrogen (secondary N) is 1. The first-order valence-electron chi connectivity index (χ1n) is 9.68. The summed E-state index contributed by atoms with van der Waals surface area (Å²) in [6, 6.07) is 7.50. The van der Waals surface area contributed by atoms with Crippen molar-refractivity contribution < 1.29 is 13.5 Å². The third-order valence-electron chi connectivity index (χ3n) is 4.86. The summed E-state index contributed by atoms with van der Waals surface area (Å²) in [7, 11) is 0. The van der Waals surface area contributed by atoms with Crippen LogP contribution in [0.2, 0.25) is 0 Å². The van der Waals surface area contributed by atoms with E-state index in [0.29, 0.717) is 45.9 Å². The minimum atomic E-state index is -0.916. The standard InChI is InChI=1S/C24H23F2N3O/c1-5-14(4)22-18-11-16(17-9-8-10-19(25)21(17)26)12-20(30-7-3)23(18)29-24(28-22)15(6-2)13-27/h5-6,8-13,27H,7H2,1-4H3. The lowest BCUT2D eigenvalue weighted by Gasteiger charge is -2.15. The Bertz CT molecular complexity index is 1180. The van der Waals surface area contributed by atoms with Crippen LogP contribution < -0.4 is 4.74 Å². The van der Waals surface area contributed by atoms with Crippen LogP contribution in [-0.4, -0.2) is 22.8 Å². The van der Waals surface area contributed by atoms with Gasteiger partial charge >= 0.3 is 0 Å². The minimum absolute atomic E-state index is 0.139. The first-order valence-corrected chi connectivity index (χ1v) is 9.68. The Hall–Kier alpha value is -3.41. The molecule has 0 bridgehead atoms. The second kappa shape index (κ2) is 8.95. The van der Waals surface area contributed by atoms with Gasteiger partial charge in [-0.15, -0.1) is 0 Å². The highest BCUT2D eigenvalue weighted by atomic mass is 19.2. The summed E-state index contributed by atoms with van der Waals surface area (Å²) in [6.45, 7) is 7.85. The molecule has 0 spiro atoms.